The van der Waals surface area contributed by atoms with Gasteiger partial charge in [-0.05, 0) is 25.1 Å². The van der Waals surface area contributed by atoms with Crippen molar-refractivity contribution in [1.82, 2.24) is 10.3 Å². The molecule has 0 aliphatic heterocycles. The number of carbonyl (C=O) groups excluding carboxylic acids is 1. The van der Waals surface area contributed by atoms with E-state index in [0.29, 0.717) is 36.1 Å². The van der Waals surface area contributed by atoms with Gasteiger partial charge in [0.05, 0.1) is 26.4 Å². The number of rotatable bonds is 7. The lowest BCUT2D eigenvalue weighted by Gasteiger charge is -2.11. The van der Waals surface area contributed by atoms with Gasteiger partial charge in [0.1, 0.15) is 11.5 Å². The second-order valence-electron chi connectivity index (χ2n) is 4.68. The third-order valence-electron chi connectivity index (χ3n) is 3.22. The Labute approximate surface area is 135 Å². The summed E-state index contributed by atoms with van der Waals surface area (Å²) in [6.07, 6.45) is 1.49. The molecule has 0 unspecified atom stereocenters. The Morgan fingerprint density at radius 1 is 1.17 bits per heavy atom. The Hall–Kier alpha value is -2.76. The molecule has 1 amide bonds. The number of nitrogens with one attached hydrogen (secondary N) is 1. The van der Waals surface area contributed by atoms with Gasteiger partial charge in [-0.25, -0.2) is 4.98 Å². The van der Waals surface area contributed by atoms with E-state index in [1.807, 2.05) is 19.1 Å². The van der Waals surface area contributed by atoms with E-state index in [0.717, 1.165) is 5.56 Å². The molecule has 2 aromatic rings. The molecule has 0 aliphatic rings. The molecule has 6 nitrogen and oxygen atoms in total. The summed E-state index contributed by atoms with van der Waals surface area (Å²) in [7, 11) is 3.17. The van der Waals surface area contributed by atoms with Crippen molar-refractivity contribution in [2.45, 2.75) is 13.5 Å². The number of carbonyl (C=O) groups is 1. The van der Waals surface area contributed by atoms with Gasteiger partial charge >= 0.3 is 0 Å². The van der Waals surface area contributed by atoms with Crippen molar-refractivity contribution in [3.63, 3.8) is 0 Å². The van der Waals surface area contributed by atoms with Gasteiger partial charge < -0.3 is 19.5 Å². The van der Waals surface area contributed by atoms with E-state index < -0.39 is 0 Å². The van der Waals surface area contributed by atoms with E-state index in [1.54, 1.807) is 32.4 Å². The van der Waals surface area contributed by atoms with Crippen LogP contribution in [0.3, 0.4) is 0 Å². The number of hydrogen-bond acceptors (Lipinski definition) is 5. The zero-order chi connectivity index (χ0) is 16.7. The minimum absolute atomic E-state index is 0.210. The van der Waals surface area contributed by atoms with Crippen LogP contribution in [-0.2, 0) is 6.54 Å². The predicted molar refractivity (Wildman–Crippen MR) is 86.1 cm³/mol. The van der Waals surface area contributed by atoms with Crippen molar-refractivity contribution in [3.8, 4) is 17.4 Å². The average molecular weight is 316 g/mol. The Bertz CT molecular complexity index is 656. The van der Waals surface area contributed by atoms with Crippen LogP contribution in [0.15, 0.2) is 36.5 Å². The van der Waals surface area contributed by atoms with E-state index in [4.69, 9.17) is 14.2 Å². The van der Waals surface area contributed by atoms with Crippen LogP contribution >= 0.6 is 0 Å². The van der Waals surface area contributed by atoms with E-state index in [1.165, 1.54) is 6.20 Å². The molecule has 0 bridgehead atoms. The Balaban J connectivity index is 2.01. The number of amides is 1. The Kier molecular flexibility index (Phi) is 5.80. The molecule has 0 saturated carbocycles. The quantitative estimate of drug-likeness (QED) is 0.849. The first-order chi connectivity index (χ1) is 11.2. The lowest BCUT2D eigenvalue weighted by atomic mass is 10.2. The van der Waals surface area contributed by atoms with Gasteiger partial charge in [-0.1, -0.05) is 0 Å². The zero-order valence-electron chi connectivity index (χ0n) is 13.5. The van der Waals surface area contributed by atoms with Crippen LogP contribution in [0.5, 0.6) is 17.4 Å². The van der Waals surface area contributed by atoms with Crippen LogP contribution < -0.4 is 19.5 Å². The van der Waals surface area contributed by atoms with E-state index in [-0.39, 0.29) is 5.91 Å². The van der Waals surface area contributed by atoms with Crippen LogP contribution in [0.4, 0.5) is 0 Å². The van der Waals surface area contributed by atoms with Crippen molar-refractivity contribution < 1.29 is 19.0 Å². The molecule has 0 fully saturated rings. The largest absolute Gasteiger partial charge is 0.497 e. The minimum atomic E-state index is -0.210. The summed E-state index contributed by atoms with van der Waals surface area (Å²) in [5.74, 6) is 1.65. The highest BCUT2D eigenvalue weighted by molar-refractivity contribution is 5.93. The van der Waals surface area contributed by atoms with Crippen LogP contribution in [0.2, 0.25) is 0 Å². The van der Waals surface area contributed by atoms with E-state index >= 15 is 0 Å². The molecule has 0 radical (unpaired) electrons. The first-order valence-corrected chi connectivity index (χ1v) is 7.26. The number of methoxy groups -OCH3 is 2. The minimum Gasteiger partial charge on any atom is -0.497 e. The fraction of sp³-hybridized carbons (Fsp3) is 0.294. The summed E-state index contributed by atoms with van der Waals surface area (Å²) in [6.45, 7) is 2.76. The van der Waals surface area contributed by atoms with Gasteiger partial charge in [-0.15, -0.1) is 0 Å². The number of ether oxygens (including phenoxy) is 3. The third kappa shape index (κ3) is 4.35. The Morgan fingerprint density at radius 3 is 2.61 bits per heavy atom. The normalized spacial score (nSPS) is 10.0. The maximum Gasteiger partial charge on any atom is 0.253 e. The number of nitrogens with zero attached hydrogens (tertiary/aromatic N) is 1. The molecule has 6 heteroatoms. The summed E-state index contributed by atoms with van der Waals surface area (Å²) in [4.78, 5) is 16.2. The first kappa shape index (κ1) is 16.6. The second kappa shape index (κ2) is 8.03. The summed E-state index contributed by atoms with van der Waals surface area (Å²) >= 11 is 0. The summed E-state index contributed by atoms with van der Waals surface area (Å²) in [6, 6.07) is 8.81. The first-order valence-electron chi connectivity index (χ1n) is 7.26. The van der Waals surface area contributed by atoms with Gasteiger partial charge in [0.15, 0.2) is 0 Å². The van der Waals surface area contributed by atoms with Crippen molar-refractivity contribution in [3.05, 3.63) is 47.7 Å². The molecule has 0 saturated heterocycles. The molecule has 1 aromatic heterocycles. The van der Waals surface area contributed by atoms with Crippen molar-refractivity contribution in [1.29, 1.82) is 0 Å². The predicted octanol–water partition coefficient (Wildman–Crippen LogP) is 2.43. The van der Waals surface area contributed by atoms with Gasteiger partial charge in [0.25, 0.3) is 5.91 Å². The Morgan fingerprint density at radius 2 is 2.00 bits per heavy atom. The van der Waals surface area contributed by atoms with Crippen LogP contribution in [0.1, 0.15) is 22.8 Å². The molecular formula is C17H20N2O4. The molecule has 0 spiro atoms. The lowest BCUT2D eigenvalue weighted by molar-refractivity contribution is 0.0950. The highest BCUT2D eigenvalue weighted by Gasteiger charge is 2.09. The van der Waals surface area contributed by atoms with Crippen molar-refractivity contribution in [2.24, 2.45) is 0 Å². The van der Waals surface area contributed by atoms with Gasteiger partial charge in [0.2, 0.25) is 5.88 Å². The summed E-state index contributed by atoms with van der Waals surface area (Å²) in [5, 5.41) is 2.84. The van der Waals surface area contributed by atoms with Crippen molar-refractivity contribution >= 4 is 5.91 Å². The number of benzene rings is 1. The second-order valence-corrected chi connectivity index (χ2v) is 4.68. The smallest absolute Gasteiger partial charge is 0.253 e. The lowest BCUT2D eigenvalue weighted by Crippen LogP contribution is -2.23. The highest BCUT2D eigenvalue weighted by atomic mass is 16.5. The molecule has 122 valence electrons. The molecule has 1 heterocycles. The molecule has 23 heavy (non-hydrogen) atoms. The van der Waals surface area contributed by atoms with Crippen LogP contribution in [0, 0.1) is 0 Å². The zero-order valence-corrected chi connectivity index (χ0v) is 13.5. The molecule has 1 aromatic carbocycles. The fourth-order valence-electron chi connectivity index (χ4n) is 2.02. The van der Waals surface area contributed by atoms with Crippen LogP contribution in [0.25, 0.3) is 0 Å². The SMILES string of the molecule is CCOc1ccc(C(=O)NCc2ccc(OC)cc2OC)cn1. The number of aromatic nitrogens is 1. The topological polar surface area (TPSA) is 69.7 Å². The standard InChI is InChI=1S/C17H20N2O4/c1-4-23-16-8-6-13(11-18-16)17(20)19-10-12-5-7-14(21-2)9-15(12)22-3/h5-9,11H,4,10H2,1-3H3,(H,19,20). The maximum atomic E-state index is 12.2. The van der Waals surface area contributed by atoms with E-state index in [2.05, 4.69) is 10.3 Å². The van der Waals surface area contributed by atoms with Crippen molar-refractivity contribution in [2.75, 3.05) is 20.8 Å². The molecule has 0 atom stereocenters. The summed E-state index contributed by atoms with van der Waals surface area (Å²) < 4.78 is 15.7. The van der Waals surface area contributed by atoms with Gasteiger partial charge in [-0.2, -0.15) is 0 Å². The molecular weight excluding hydrogens is 296 g/mol. The molecule has 0 aliphatic carbocycles. The third-order valence-corrected chi connectivity index (χ3v) is 3.22. The molecule has 1 N–H and O–H groups in total. The fourth-order valence-corrected chi connectivity index (χ4v) is 2.02. The maximum absolute atomic E-state index is 12.2. The highest BCUT2D eigenvalue weighted by Crippen LogP contribution is 2.24. The average Bonchev–Trinajstić information content (AvgIpc) is 2.60. The number of hydrogen-bond donors (Lipinski definition) is 1. The van der Waals surface area contributed by atoms with Gasteiger partial charge in [0, 0.05) is 30.4 Å². The van der Waals surface area contributed by atoms with E-state index in [9.17, 15) is 4.79 Å². The monoisotopic (exact) mass is 316 g/mol. The summed E-state index contributed by atoms with van der Waals surface area (Å²) in [5.41, 5.74) is 1.33. The van der Waals surface area contributed by atoms with Crippen LogP contribution in [-0.4, -0.2) is 31.7 Å². The van der Waals surface area contributed by atoms with Gasteiger partial charge in [-0.3, -0.25) is 4.79 Å². The molecule has 2 rings (SSSR count). The number of pyridine rings is 1.